The standard InChI is InChI=1S/C19H22ClN/c1-13-7-10-17(20)12-18(13)19(21-2)16-9-8-14-5-3-4-6-15(14)11-16/h7-12,19,21H,3-6H2,1-2H3. The van der Waals surface area contributed by atoms with Crippen molar-refractivity contribution in [2.24, 2.45) is 0 Å². The zero-order valence-corrected chi connectivity index (χ0v) is 13.5. The second-order valence-electron chi connectivity index (χ2n) is 5.96. The van der Waals surface area contributed by atoms with Gasteiger partial charge in [-0.3, -0.25) is 0 Å². The van der Waals surface area contributed by atoms with Gasteiger partial charge in [0.05, 0.1) is 6.04 Å². The van der Waals surface area contributed by atoms with E-state index in [1.807, 2.05) is 13.1 Å². The molecule has 1 aliphatic rings. The minimum atomic E-state index is 0.205. The number of hydrogen-bond acceptors (Lipinski definition) is 1. The predicted octanol–water partition coefficient (Wildman–Crippen LogP) is 4.84. The van der Waals surface area contributed by atoms with Gasteiger partial charge in [-0.2, -0.15) is 0 Å². The van der Waals surface area contributed by atoms with Crippen LogP contribution in [0.3, 0.4) is 0 Å². The van der Waals surface area contributed by atoms with Crippen LogP contribution in [0.4, 0.5) is 0 Å². The Morgan fingerprint density at radius 2 is 1.76 bits per heavy atom. The van der Waals surface area contributed by atoms with Crippen LogP contribution in [-0.4, -0.2) is 7.05 Å². The fourth-order valence-electron chi connectivity index (χ4n) is 3.36. The molecule has 1 unspecified atom stereocenters. The van der Waals surface area contributed by atoms with E-state index >= 15 is 0 Å². The Bertz CT molecular complexity index is 648. The summed E-state index contributed by atoms with van der Waals surface area (Å²) in [4.78, 5) is 0. The van der Waals surface area contributed by atoms with E-state index in [1.54, 1.807) is 0 Å². The molecule has 3 rings (SSSR count). The Hall–Kier alpha value is -1.31. The Balaban J connectivity index is 2.01. The maximum Gasteiger partial charge on any atom is 0.0577 e. The van der Waals surface area contributed by atoms with Crippen molar-refractivity contribution >= 4 is 11.6 Å². The van der Waals surface area contributed by atoms with Crippen LogP contribution in [0.5, 0.6) is 0 Å². The number of halogens is 1. The lowest BCUT2D eigenvalue weighted by atomic mass is 9.87. The summed E-state index contributed by atoms with van der Waals surface area (Å²) in [5, 5.41) is 4.25. The molecule has 2 aromatic carbocycles. The molecule has 0 radical (unpaired) electrons. The van der Waals surface area contributed by atoms with Gasteiger partial charge >= 0.3 is 0 Å². The van der Waals surface area contributed by atoms with Gasteiger partial charge in [0.25, 0.3) is 0 Å². The summed E-state index contributed by atoms with van der Waals surface area (Å²) < 4.78 is 0. The van der Waals surface area contributed by atoms with Crippen LogP contribution < -0.4 is 5.32 Å². The fraction of sp³-hybridized carbons (Fsp3) is 0.368. The van der Waals surface area contributed by atoms with Gasteiger partial charge in [0.2, 0.25) is 0 Å². The minimum Gasteiger partial charge on any atom is -0.309 e. The average Bonchev–Trinajstić information content (AvgIpc) is 2.51. The molecule has 110 valence electrons. The third-order valence-corrected chi connectivity index (χ3v) is 4.78. The van der Waals surface area contributed by atoms with Crippen LogP contribution in [0.15, 0.2) is 36.4 Å². The molecule has 2 heteroatoms. The molecule has 0 bridgehead atoms. The number of fused-ring (bicyclic) bond motifs is 1. The van der Waals surface area contributed by atoms with Gasteiger partial charge < -0.3 is 5.32 Å². The maximum atomic E-state index is 6.19. The molecule has 0 saturated heterocycles. The number of nitrogens with one attached hydrogen (secondary N) is 1. The van der Waals surface area contributed by atoms with Crippen molar-refractivity contribution in [3.63, 3.8) is 0 Å². The number of benzene rings is 2. The largest absolute Gasteiger partial charge is 0.309 e. The number of aryl methyl sites for hydroxylation is 3. The highest BCUT2D eigenvalue weighted by Gasteiger charge is 2.17. The van der Waals surface area contributed by atoms with Crippen LogP contribution in [0, 0.1) is 6.92 Å². The Kier molecular flexibility index (Phi) is 4.32. The van der Waals surface area contributed by atoms with Crippen LogP contribution in [0.1, 0.15) is 46.7 Å². The summed E-state index contributed by atoms with van der Waals surface area (Å²) >= 11 is 6.19. The predicted molar refractivity (Wildman–Crippen MR) is 90.2 cm³/mol. The van der Waals surface area contributed by atoms with E-state index in [0.717, 1.165) is 5.02 Å². The lowest BCUT2D eigenvalue weighted by molar-refractivity contribution is 0.666. The molecule has 0 fully saturated rings. The minimum absolute atomic E-state index is 0.205. The van der Waals surface area contributed by atoms with Crippen molar-refractivity contribution in [2.75, 3.05) is 7.05 Å². The van der Waals surface area contributed by atoms with Gasteiger partial charge in [-0.1, -0.05) is 35.9 Å². The van der Waals surface area contributed by atoms with E-state index in [9.17, 15) is 0 Å². The van der Waals surface area contributed by atoms with Crippen LogP contribution in [-0.2, 0) is 12.8 Å². The lowest BCUT2D eigenvalue weighted by Gasteiger charge is -2.23. The highest BCUT2D eigenvalue weighted by molar-refractivity contribution is 6.30. The first-order chi connectivity index (χ1) is 10.2. The van der Waals surface area contributed by atoms with E-state index < -0.39 is 0 Å². The van der Waals surface area contributed by atoms with E-state index in [1.165, 1.54) is 53.5 Å². The van der Waals surface area contributed by atoms with Gasteiger partial charge in [-0.05, 0) is 79.6 Å². The fourth-order valence-corrected chi connectivity index (χ4v) is 3.54. The zero-order chi connectivity index (χ0) is 14.8. The Labute approximate surface area is 132 Å². The Morgan fingerprint density at radius 1 is 1.00 bits per heavy atom. The van der Waals surface area contributed by atoms with Gasteiger partial charge in [-0.15, -0.1) is 0 Å². The molecule has 1 nitrogen and oxygen atoms in total. The first kappa shape index (κ1) is 14.6. The molecule has 0 amide bonds. The third-order valence-electron chi connectivity index (χ3n) is 4.55. The van der Waals surface area contributed by atoms with Crippen molar-refractivity contribution < 1.29 is 0 Å². The van der Waals surface area contributed by atoms with Gasteiger partial charge in [0.15, 0.2) is 0 Å². The molecule has 1 atom stereocenters. The molecule has 21 heavy (non-hydrogen) atoms. The lowest BCUT2D eigenvalue weighted by Crippen LogP contribution is -2.19. The topological polar surface area (TPSA) is 12.0 Å². The normalized spacial score (nSPS) is 15.6. The summed E-state index contributed by atoms with van der Waals surface area (Å²) in [5.41, 5.74) is 6.93. The first-order valence-corrected chi connectivity index (χ1v) is 8.12. The molecule has 0 aliphatic heterocycles. The summed E-state index contributed by atoms with van der Waals surface area (Å²) in [5.74, 6) is 0. The van der Waals surface area contributed by atoms with Crippen molar-refractivity contribution in [2.45, 2.75) is 38.6 Å². The van der Waals surface area contributed by atoms with E-state index in [-0.39, 0.29) is 6.04 Å². The zero-order valence-electron chi connectivity index (χ0n) is 12.7. The Morgan fingerprint density at radius 3 is 2.52 bits per heavy atom. The van der Waals surface area contributed by atoms with Crippen molar-refractivity contribution in [1.82, 2.24) is 5.32 Å². The quantitative estimate of drug-likeness (QED) is 0.855. The van der Waals surface area contributed by atoms with Crippen LogP contribution >= 0.6 is 11.6 Å². The summed E-state index contributed by atoms with van der Waals surface area (Å²) in [6, 6.07) is 13.3. The average molecular weight is 300 g/mol. The van der Waals surface area contributed by atoms with Crippen LogP contribution in [0.25, 0.3) is 0 Å². The van der Waals surface area contributed by atoms with Crippen LogP contribution in [0.2, 0.25) is 5.02 Å². The third kappa shape index (κ3) is 3.00. The summed E-state index contributed by atoms with van der Waals surface area (Å²) in [6.45, 7) is 2.15. The van der Waals surface area contributed by atoms with E-state index in [4.69, 9.17) is 11.6 Å². The number of rotatable bonds is 3. The molecule has 0 aromatic heterocycles. The SMILES string of the molecule is CNC(c1ccc2c(c1)CCCC2)c1cc(Cl)ccc1C. The monoisotopic (exact) mass is 299 g/mol. The molecule has 2 aromatic rings. The first-order valence-electron chi connectivity index (χ1n) is 7.74. The van der Waals surface area contributed by atoms with Crippen molar-refractivity contribution in [3.05, 3.63) is 69.2 Å². The highest BCUT2D eigenvalue weighted by atomic mass is 35.5. The molecule has 0 heterocycles. The molecule has 0 saturated carbocycles. The molecular formula is C19H22ClN. The van der Waals surface area contributed by atoms with E-state index in [0.29, 0.717) is 0 Å². The highest BCUT2D eigenvalue weighted by Crippen LogP contribution is 2.30. The van der Waals surface area contributed by atoms with Gasteiger partial charge in [0.1, 0.15) is 0 Å². The maximum absolute atomic E-state index is 6.19. The molecular weight excluding hydrogens is 278 g/mol. The summed E-state index contributed by atoms with van der Waals surface area (Å²) in [7, 11) is 2.02. The van der Waals surface area contributed by atoms with Gasteiger partial charge in [-0.25, -0.2) is 0 Å². The van der Waals surface area contributed by atoms with Gasteiger partial charge in [0, 0.05) is 5.02 Å². The van der Waals surface area contributed by atoms with Crippen molar-refractivity contribution in [1.29, 1.82) is 0 Å². The molecule has 0 spiro atoms. The van der Waals surface area contributed by atoms with E-state index in [2.05, 4.69) is 42.6 Å². The number of hydrogen-bond donors (Lipinski definition) is 1. The molecule has 1 N–H and O–H groups in total. The second kappa shape index (κ2) is 6.21. The second-order valence-corrected chi connectivity index (χ2v) is 6.39. The smallest absolute Gasteiger partial charge is 0.0577 e. The summed E-state index contributed by atoms with van der Waals surface area (Å²) in [6.07, 6.45) is 5.09. The van der Waals surface area contributed by atoms with Crippen molar-refractivity contribution in [3.8, 4) is 0 Å². The molecule has 1 aliphatic carbocycles.